The Bertz CT molecular complexity index is 1370. The van der Waals surface area contributed by atoms with Crippen LogP contribution in [-0.2, 0) is 52.6 Å². The zero-order chi connectivity index (χ0) is 30.2. The molecule has 11 nitrogen and oxygen atoms in total. The van der Waals surface area contributed by atoms with Crippen molar-refractivity contribution in [1.82, 2.24) is 20.6 Å². The van der Waals surface area contributed by atoms with E-state index in [4.69, 9.17) is 18.9 Å². The van der Waals surface area contributed by atoms with Gasteiger partial charge in [0.25, 0.3) is 0 Å². The van der Waals surface area contributed by atoms with Crippen molar-refractivity contribution in [2.75, 3.05) is 6.26 Å². The van der Waals surface area contributed by atoms with Crippen molar-refractivity contribution in [3.8, 4) is 0 Å². The van der Waals surface area contributed by atoms with Gasteiger partial charge in [0, 0.05) is 27.2 Å². The number of hydrogen-bond donors (Lipinski definition) is 1. The van der Waals surface area contributed by atoms with Crippen LogP contribution in [0.4, 0.5) is 0 Å². The third-order valence-electron chi connectivity index (χ3n) is 7.01. The zero-order valence-electron chi connectivity index (χ0n) is 24.4. The molecule has 1 aliphatic heterocycles. The molecular weight excluding hydrogens is 560 g/mol. The van der Waals surface area contributed by atoms with E-state index >= 15 is 0 Å². The number of rotatable bonds is 11. The summed E-state index contributed by atoms with van der Waals surface area (Å²) in [6, 6.07) is 14.5. The Balaban J connectivity index is 1.56. The van der Waals surface area contributed by atoms with Crippen molar-refractivity contribution >= 4 is 29.7 Å². The third kappa shape index (κ3) is 8.16. The molecule has 1 aliphatic rings. The first kappa shape index (κ1) is 31.2. The van der Waals surface area contributed by atoms with E-state index in [0.717, 1.165) is 41.5 Å². The molecule has 0 unspecified atom stereocenters. The van der Waals surface area contributed by atoms with Gasteiger partial charge in [-0.3, -0.25) is 14.4 Å². The highest BCUT2D eigenvalue weighted by Crippen LogP contribution is 2.40. The van der Waals surface area contributed by atoms with E-state index in [1.165, 1.54) is 38.1 Å². The Morgan fingerprint density at radius 1 is 0.881 bits per heavy atom. The Hall–Kier alpha value is -3.77. The molecule has 0 saturated carbocycles. The molecule has 0 aliphatic carbocycles. The summed E-state index contributed by atoms with van der Waals surface area (Å²) in [5, 5.41) is 14.1. The lowest BCUT2D eigenvalue weighted by molar-refractivity contribution is -0.233. The molecule has 0 bridgehead atoms. The quantitative estimate of drug-likeness (QED) is 0.255. The van der Waals surface area contributed by atoms with Gasteiger partial charge in [-0.05, 0) is 60.3 Å². The molecule has 42 heavy (non-hydrogen) atoms. The maximum atomic E-state index is 12.2. The monoisotopic (exact) mass is 596 g/mol. The third-order valence-corrected chi connectivity index (χ3v) is 7.85. The van der Waals surface area contributed by atoms with Gasteiger partial charge in [-0.15, -0.1) is 22.0 Å². The van der Waals surface area contributed by atoms with Gasteiger partial charge < -0.3 is 18.9 Å². The minimum atomic E-state index is -1.05. The van der Waals surface area contributed by atoms with Crippen LogP contribution >= 0.6 is 11.8 Å². The molecule has 1 aromatic heterocycles. The van der Waals surface area contributed by atoms with Gasteiger partial charge >= 0.3 is 17.9 Å². The number of carbonyl (C=O) groups is 3. The van der Waals surface area contributed by atoms with Crippen molar-refractivity contribution in [1.29, 1.82) is 0 Å². The van der Waals surface area contributed by atoms with Crippen LogP contribution in [0.5, 0.6) is 0 Å². The number of nitrogens with one attached hydrogen (secondary N) is 1. The van der Waals surface area contributed by atoms with Crippen LogP contribution in [0.2, 0.25) is 0 Å². The number of aryl methyl sites for hydroxylation is 3. The lowest BCUT2D eigenvalue weighted by Crippen LogP contribution is -2.57. The standard InChI is InChI=1S/C30H36N4O7S/c1-17-9-14-23(16-24(17)15-22-12-10-21(11-13-22)7-6-8-25-31-33-34-32-25)26-27(38-18(2)35)28(39-19(3)36)29(40-20(4)37)30(41-26)42-5/h9-14,16,26-30H,6-8,15H2,1-5H3,(H,31,32,33,34)/t26-,27-,28+,29-,30+/m0/s1. The first-order valence-electron chi connectivity index (χ1n) is 13.7. The van der Waals surface area contributed by atoms with E-state index in [0.29, 0.717) is 12.2 Å². The SMILES string of the molecule is CS[C@H]1O[C@@H](c2ccc(C)c(Cc3ccc(CCCc4nn[nH]n4)cc3)c2)[C@H](OC(C)=O)[C@@H](OC(C)=O)[C@@H]1OC(C)=O. The number of tetrazole rings is 1. The molecule has 1 N–H and O–H groups in total. The topological polar surface area (TPSA) is 143 Å². The second kappa shape index (κ2) is 14.4. The maximum absolute atomic E-state index is 12.2. The molecule has 2 aromatic carbocycles. The highest BCUT2D eigenvalue weighted by Gasteiger charge is 2.52. The molecule has 1 saturated heterocycles. The van der Waals surface area contributed by atoms with Crippen molar-refractivity contribution < 1.29 is 33.3 Å². The average Bonchev–Trinajstić information content (AvgIpc) is 3.46. The Labute approximate surface area is 249 Å². The lowest BCUT2D eigenvalue weighted by Gasteiger charge is -2.44. The molecule has 224 valence electrons. The highest BCUT2D eigenvalue weighted by atomic mass is 32.2. The number of thioether (sulfide) groups is 1. The van der Waals surface area contributed by atoms with Crippen molar-refractivity contribution in [3.05, 3.63) is 76.1 Å². The lowest BCUT2D eigenvalue weighted by atomic mass is 9.90. The minimum absolute atomic E-state index is 0.560. The number of H-pyrrole nitrogens is 1. The number of benzene rings is 2. The predicted molar refractivity (Wildman–Crippen MR) is 154 cm³/mol. The maximum Gasteiger partial charge on any atom is 0.303 e. The van der Waals surface area contributed by atoms with E-state index in [9.17, 15) is 14.4 Å². The molecule has 2 heterocycles. The van der Waals surface area contributed by atoms with Gasteiger partial charge in [0.05, 0.1) is 0 Å². The van der Waals surface area contributed by atoms with Gasteiger partial charge in [-0.25, -0.2) is 0 Å². The first-order valence-corrected chi connectivity index (χ1v) is 15.0. The summed E-state index contributed by atoms with van der Waals surface area (Å²) in [6.07, 6.45) is 1.29. The largest absolute Gasteiger partial charge is 0.455 e. The number of carbonyl (C=O) groups excluding carboxylic acids is 3. The fraction of sp³-hybridized carbons (Fsp3) is 0.467. The summed E-state index contributed by atoms with van der Waals surface area (Å²) in [6.45, 7) is 5.85. The predicted octanol–water partition coefficient (Wildman–Crippen LogP) is 3.83. The molecule has 1 fully saturated rings. The summed E-state index contributed by atoms with van der Waals surface area (Å²) in [4.78, 5) is 36.2. The van der Waals surface area contributed by atoms with Gasteiger partial charge in [-0.1, -0.05) is 47.7 Å². The molecule has 4 rings (SSSR count). The van der Waals surface area contributed by atoms with Gasteiger partial charge in [0.2, 0.25) is 0 Å². The highest BCUT2D eigenvalue weighted by molar-refractivity contribution is 7.99. The van der Waals surface area contributed by atoms with Crippen molar-refractivity contribution in [3.63, 3.8) is 0 Å². The van der Waals surface area contributed by atoms with Gasteiger partial charge in [0.15, 0.2) is 24.1 Å². The Kier molecular flexibility index (Phi) is 10.7. The van der Waals surface area contributed by atoms with Crippen LogP contribution in [0.25, 0.3) is 0 Å². The molecule has 5 atom stereocenters. The van der Waals surface area contributed by atoms with E-state index in [1.807, 2.05) is 31.4 Å². The van der Waals surface area contributed by atoms with Crippen LogP contribution in [0.3, 0.4) is 0 Å². The van der Waals surface area contributed by atoms with Crippen molar-refractivity contribution in [2.24, 2.45) is 0 Å². The van der Waals surface area contributed by atoms with Crippen LogP contribution < -0.4 is 0 Å². The molecule has 3 aromatic rings. The summed E-state index contributed by atoms with van der Waals surface area (Å²) < 4.78 is 23.2. The summed E-state index contributed by atoms with van der Waals surface area (Å²) >= 11 is 1.32. The normalized spacial score (nSPS) is 21.9. The number of ether oxygens (including phenoxy) is 4. The molecule has 0 radical (unpaired) electrons. The number of aromatic nitrogens is 4. The zero-order valence-corrected chi connectivity index (χ0v) is 25.2. The smallest absolute Gasteiger partial charge is 0.303 e. The summed E-state index contributed by atoms with van der Waals surface area (Å²) in [5.41, 5.74) is 4.65. The molecular formula is C30H36N4O7S. The van der Waals surface area contributed by atoms with E-state index < -0.39 is 47.8 Å². The van der Waals surface area contributed by atoms with Crippen molar-refractivity contribution in [2.45, 2.75) is 83.2 Å². The molecule has 12 heteroatoms. The molecule has 0 amide bonds. The summed E-state index contributed by atoms with van der Waals surface area (Å²) in [7, 11) is 0. The van der Waals surface area contributed by atoms with Gasteiger partial charge in [0.1, 0.15) is 11.5 Å². The van der Waals surface area contributed by atoms with Crippen LogP contribution in [0.15, 0.2) is 42.5 Å². The Morgan fingerprint density at radius 3 is 2.14 bits per heavy atom. The fourth-order valence-corrected chi connectivity index (χ4v) is 5.78. The second-order valence-electron chi connectivity index (χ2n) is 10.2. The second-order valence-corrected chi connectivity index (χ2v) is 11.2. The van der Waals surface area contributed by atoms with E-state index in [-0.39, 0.29) is 0 Å². The van der Waals surface area contributed by atoms with Crippen LogP contribution in [0.1, 0.15) is 66.9 Å². The minimum Gasteiger partial charge on any atom is -0.455 e. The molecule has 0 spiro atoms. The summed E-state index contributed by atoms with van der Waals surface area (Å²) in [5.74, 6) is -1.00. The van der Waals surface area contributed by atoms with Gasteiger partial charge in [-0.2, -0.15) is 5.21 Å². The number of nitrogens with zero attached hydrogens (tertiary/aromatic N) is 3. The first-order chi connectivity index (χ1) is 20.1. The fourth-order valence-electron chi connectivity index (χ4n) is 5.07. The van der Waals surface area contributed by atoms with E-state index in [2.05, 4.69) is 44.9 Å². The number of esters is 3. The van der Waals surface area contributed by atoms with E-state index in [1.54, 1.807) is 0 Å². The Morgan fingerprint density at radius 2 is 1.52 bits per heavy atom. The van der Waals surface area contributed by atoms with Crippen LogP contribution in [0, 0.1) is 6.92 Å². The van der Waals surface area contributed by atoms with Crippen LogP contribution in [-0.4, -0.2) is 68.5 Å². The number of aromatic amines is 1. The number of hydrogen-bond acceptors (Lipinski definition) is 11. The average molecular weight is 597 g/mol.